The summed E-state index contributed by atoms with van der Waals surface area (Å²) >= 11 is 8.45. The predicted molar refractivity (Wildman–Crippen MR) is 77.4 cm³/mol. The van der Waals surface area contributed by atoms with Crippen molar-refractivity contribution >= 4 is 43.2 Å². The summed E-state index contributed by atoms with van der Waals surface area (Å²) in [5.41, 5.74) is 1.84. The van der Waals surface area contributed by atoms with Crippen molar-refractivity contribution < 1.29 is 5.11 Å². The second-order valence-electron chi connectivity index (χ2n) is 3.75. The van der Waals surface area contributed by atoms with Gasteiger partial charge < -0.3 is 5.11 Å². The van der Waals surface area contributed by atoms with Gasteiger partial charge in [0.1, 0.15) is 0 Å². The van der Waals surface area contributed by atoms with Crippen LogP contribution in [0, 0.1) is 6.92 Å². The third kappa shape index (κ3) is 3.37. The number of aliphatic hydroxyl groups excluding tert-OH is 1. The summed E-state index contributed by atoms with van der Waals surface area (Å²) in [5, 5.41) is 13.2. The lowest BCUT2D eigenvalue weighted by atomic mass is 10.1. The van der Waals surface area contributed by atoms with Crippen LogP contribution < -0.4 is 0 Å². The van der Waals surface area contributed by atoms with Crippen molar-refractivity contribution in [1.29, 1.82) is 0 Å². The monoisotopic (exact) mass is 375 g/mol. The molecule has 2 rings (SSSR count). The molecule has 2 aromatic rings. The Morgan fingerprint density at radius 2 is 2.12 bits per heavy atom. The fourth-order valence-corrected chi connectivity index (χ4v) is 2.81. The van der Waals surface area contributed by atoms with Crippen LogP contribution in [0.15, 0.2) is 32.5 Å². The molecule has 0 saturated carbocycles. The Labute approximate surface area is 121 Å². The van der Waals surface area contributed by atoms with Gasteiger partial charge in [0.25, 0.3) is 0 Å². The van der Waals surface area contributed by atoms with Crippen LogP contribution in [-0.2, 0) is 6.42 Å². The lowest BCUT2D eigenvalue weighted by Crippen LogP contribution is -2.02. The van der Waals surface area contributed by atoms with Crippen molar-refractivity contribution in [1.82, 2.24) is 4.98 Å². The Balaban J connectivity index is 2.14. The van der Waals surface area contributed by atoms with E-state index in [9.17, 15) is 5.11 Å². The number of aryl methyl sites for hydroxylation is 1. The van der Waals surface area contributed by atoms with Gasteiger partial charge in [0.15, 0.2) is 0 Å². The van der Waals surface area contributed by atoms with E-state index in [2.05, 4.69) is 36.8 Å². The fraction of sp³-hybridized carbons (Fsp3) is 0.250. The molecule has 0 aliphatic heterocycles. The highest BCUT2D eigenvalue weighted by molar-refractivity contribution is 9.13. The Morgan fingerprint density at radius 1 is 1.35 bits per heavy atom. The first-order valence-corrected chi connectivity index (χ1v) is 7.57. The number of benzene rings is 1. The van der Waals surface area contributed by atoms with Gasteiger partial charge in [-0.15, -0.1) is 11.3 Å². The minimum absolute atomic E-state index is 0.513. The molecule has 1 aromatic heterocycles. The first kappa shape index (κ1) is 13.2. The zero-order chi connectivity index (χ0) is 12.4. The molecule has 90 valence electrons. The van der Waals surface area contributed by atoms with Crippen LogP contribution in [-0.4, -0.2) is 10.1 Å². The Bertz CT molecular complexity index is 527. The van der Waals surface area contributed by atoms with E-state index in [0.717, 1.165) is 25.2 Å². The molecule has 0 aliphatic carbocycles. The minimum Gasteiger partial charge on any atom is -0.388 e. The highest BCUT2D eigenvalue weighted by Crippen LogP contribution is 2.28. The van der Waals surface area contributed by atoms with Gasteiger partial charge in [-0.2, -0.15) is 0 Å². The molecule has 2 nitrogen and oxygen atoms in total. The topological polar surface area (TPSA) is 33.1 Å². The zero-order valence-corrected chi connectivity index (χ0v) is 13.1. The Morgan fingerprint density at radius 3 is 2.71 bits per heavy atom. The quantitative estimate of drug-likeness (QED) is 0.868. The third-order valence-electron chi connectivity index (χ3n) is 2.40. The molecular weight excluding hydrogens is 366 g/mol. The second-order valence-corrected chi connectivity index (χ2v) is 6.52. The van der Waals surface area contributed by atoms with Gasteiger partial charge in [-0.25, -0.2) is 4.98 Å². The van der Waals surface area contributed by atoms with Crippen molar-refractivity contribution in [2.24, 2.45) is 0 Å². The van der Waals surface area contributed by atoms with E-state index in [1.807, 2.05) is 30.5 Å². The molecule has 0 radical (unpaired) electrons. The van der Waals surface area contributed by atoms with Crippen molar-refractivity contribution in [2.75, 3.05) is 0 Å². The fourth-order valence-electron chi connectivity index (χ4n) is 1.54. The number of aliphatic hydroxyl groups is 1. The van der Waals surface area contributed by atoms with Crippen LogP contribution in [0.3, 0.4) is 0 Å². The summed E-state index contributed by atoms with van der Waals surface area (Å²) in [7, 11) is 0. The highest BCUT2D eigenvalue weighted by atomic mass is 79.9. The standard InChI is InChI=1S/C12H11Br2NOS/c1-7-15-9(6-17-7)5-12(16)8-2-3-10(13)11(14)4-8/h2-4,6,12,16H,5H2,1H3. The molecule has 1 N–H and O–H groups in total. The first-order chi connectivity index (χ1) is 8.06. The van der Waals surface area contributed by atoms with Crippen LogP contribution in [0.2, 0.25) is 0 Å². The van der Waals surface area contributed by atoms with E-state index in [4.69, 9.17) is 0 Å². The van der Waals surface area contributed by atoms with E-state index < -0.39 is 6.10 Å². The second kappa shape index (κ2) is 5.61. The normalized spacial score (nSPS) is 12.7. The molecule has 0 spiro atoms. The summed E-state index contributed by atoms with van der Waals surface area (Å²) in [6.45, 7) is 1.97. The van der Waals surface area contributed by atoms with E-state index in [1.54, 1.807) is 11.3 Å². The Hall–Kier alpha value is -0.230. The van der Waals surface area contributed by atoms with Gasteiger partial charge >= 0.3 is 0 Å². The first-order valence-electron chi connectivity index (χ1n) is 5.10. The maximum Gasteiger partial charge on any atom is 0.0897 e. The van der Waals surface area contributed by atoms with Crippen molar-refractivity contribution in [3.05, 3.63) is 48.8 Å². The van der Waals surface area contributed by atoms with Crippen molar-refractivity contribution in [2.45, 2.75) is 19.4 Å². The number of hydrogen-bond donors (Lipinski definition) is 1. The molecule has 0 aliphatic rings. The third-order valence-corrected chi connectivity index (χ3v) is 5.10. The van der Waals surface area contributed by atoms with E-state index in [-0.39, 0.29) is 0 Å². The molecule has 17 heavy (non-hydrogen) atoms. The highest BCUT2D eigenvalue weighted by Gasteiger charge is 2.11. The lowest BCUT2D eigenvalue weighted by Gasteiger charge is -2.10. The Kier molecular flexibility index (Phi) is 4.36. The van der Waals surface area contributed by atoms with Crippen LogP contribution in [0.1, 0.15) is 22.4 Å². The molecule has 0 saturated heterocycles. The molecule has 0 fully saturated rings. The predicted octanol–water partition coefficient (Wildman–Crippen LogP) is 4.25. The molecule has 1 aromatic carbocycles. The number of nitrogens with zero attached hydrogens (tertiary/aromatic N) is 1. The molecule has 1 heterocycles. The summed E-state index contributed by atoms with van der Waals surface area (Å²) in [4.78, 5) is 4.35. The minimum atomic E-state index is -0.513. The SMILES string of the molecule is Cc1nc(CC(O)c2ccc(Br)c(Br)c2)cs1. The molecule has 5 heteroatoms. The largest absolute Gasteiger partial charge is 0.388 e. The van der Waals surface area contributed by atoms with Crippen molar-refractivity contribution in [3.8, 4) is 0 Å². The van der Waals surface area contributed by atoms with Gasteiger partial charge in [-0.05, 0) is 56.5 Å². The van der Waals surface area contributed by atoms with E-state index >= 15 is 0 Å². The molecule has 1 unspecified atom stereocenters. The van der Waals surface area contributed by atoms with E-state index in [1.165, 1.54) is 0 Å². The van der Waals surface area contributed by atoms with Crippen LogP contribution in [0.4, 0.5) is 0 Å². The van der Waals surface area contributed by atoms with Gasteiger partial charge in [0.2, 0.25) is 0 Å². The lowest BCUT2D eigenvalue weighted by molar-refractivity contribution is 0.177. The molecular formula is C12H11Br2NOS. The number of aromatic nitrogens is 1. The number of rotatable bonds is 3. The van der Waals surface area contributed by atoms with Gasteiger partial charge in [-0.3, -0.25) is 0 Å². The maximum atomic E-state index is 10.1. The average Bonchev–Trinajstić information content (AvgIpc) is 2.68. The van der Waals surface area contributed by atoms with Gasteiger partial charge in [0.05, 0.1) is 16.8 Å². The van der Waals surface area contributed by atoms with Crippen molar-refractivity contribution in [3.63, 3.8) is 0 Å². The molecule has 1 atom stereocenters. The molecule has 0 bridgehead atoms. The number of halogens is 2. The summed E-state index contributed by atoms with van der Waals surface area (Å²) in [6.07, 6.45) is 0.0409. The summed E-state index contributed by atoms with van der Waals surface area (Å²) in [5.74, 6) is 0. The van der Waals surface area contributed by atoms with Crippen LogP contribution in [0.5, 0.6) is 0 Å². The van der Waals surface area contributed by atoms with Crippen LogP contribution in [0.25, 0.3) is 0 Å². The maximum absolute atomic E-state index is 10.1. The molecule has 0 amide bonds. The summed E-state index contributed by atoms with van der Waals surface area (Å²) < 4.78 is 1.93. The smallest absolute Gasteiger partial charge is 0.0897 e. The number of thiazole rings is 1. The van der Waals surface area contributed by atoms with Gasteiger partial charge in [0, 0.05) is 20.7 Å². The van der Waals surface area contributed by atoms with E-state index in [0.29, 0.717) is 6.42 Å². The number of hydrogen-bond acceptors (Lipinski definition) is 3. The zero-order valence-electron chi connectivity index (χ0n) is 9.15. The average molecular weight is 377 g/mol. The van der Waals surface area contributed by atoms with Gasteiger partial charge in [-0.1, -0.05) is 6.07 Å². The van der Waals surface area contributed by atoms with Crippen LogP contribution >= 0.6 is 43.2 Å². The summed E-state index contributed by atoms with van der Waals surface area (Å²) in [6, 6.07) is 5.77.